The highest BCUT2D eigenvalue weighted by Crippen LogP contribution is 2.20. The minimum atomic E-state index is -0.936. The van der Waals surface area contributed by atoms with Gasteiger partial charge in [-0.15, -0.1) is 0 Å². The number of nitrogens with zero attached hydrogens (tertiary/aromatic N) is 2. The van der Waals surface area contributed by atoms with E-state index in [0.29, 0.717) is 25.1 Å². The molecule has 2 atom stereocenters. The molecule has 0 bridgehead atoms. The second-order valence-corrected chi connectivity index (χ2v) is 8.67. The number of ether oxygens (including phenoxy) is 2. The molecule has 0 radical (unpaired) electrons. The fraction of sp³-hybridized carbons (Fsp3) is 0.583. The number of benzene rings is 1. The Bertz CT molecular complexity index is 884. The van der Waals surface area contributed by atoms with Crippen LogP contribution in [0.15, 0.2) is 24.3 Å². The van der Waals surface area contributed by atoms with Crippen LogP contribution in [0.5, 0.6) is 5.75 Å². The van der Waals surface area contributed by atoms with Crippen molar-refractivity contribution in [2.24, 2.45) is 5.92 Å². The zero-order chi connectivity index (χ0) is 24.7. The molecule has 3 rings (SSSR count). The standard InChI is InChI=1S/C24H34N4O6/c1-16(29)27-12-13-28(23(31)18-8-10-25-11-9-18)21(15-27)22(30)26-20(24(32)34-3)14-17-4-6-19(33-2)7-5-17/h4-7,18,20-21,25H,8-15H2,1-3H3,(H,26,30). The number of carbonyl (C=O) groups excluding carboxylic acids is 4. The van der Waals surface area contributed by atoms with Crippen LogP contribution in [-0.4, -0.2) is 92.5 Å². The SMILES string of the molecule is COC(=O)C(Cc1ccc(OC)cc1)NC(=O)C1CN(C(C)=O)CCN1C(=O)C1CCNCC1. The molecule has 10 nitrogen and oxygen atoms in total. The molecule has 34 heavy (non-hydrogen) atoms. The number of amides is 3. The average molecular weight is 475 g/mol. The van der Waals surface area contributed by atoms with Crippen molar-refractivity contribution in [1.29, 1.82) is 0 Å². The van der Waals surface area contributed by atoms with Gasteiger partial charge in [0.1, 0.15) is 17.8 Å². The quantitative estimate of drug-likeness (QED) is 0.533. The van der Waals surface area contributed by atoms with Crippen molar-refractivity contribution in [3.8, 4) is 5.75 Å². The van der Waals surface area contributed by atoms with Gasteiger partial charge in [-0.3, -0.25) is 14.4 Å². The third-order valence-corrected chi connectivity index (χ3v) is 6.50. The summed E-state index contributed by atoms with van der Waals surface area (Å²) < 4.78 is 10.1. The van der Waals surface area contributed by atoms with Gasteiger partial charge in [-0.1, -0.05) is 12.1 Å². The molecule has 0 spiro atoms. The molecule has 0 aromatic heterocycles. The number of carbonyl (C=O) groups is 4. The van der Waals surface area contributed by atoms with Gasteiger partial charge in [0.15, 0.2) is 0 Å². The first kappa shape index (κ1) is 25.5. The fourth-order valence-corrected chi connectivity index (χ4v) is 4.46. The van der Waals surface area contributed by atoms with Crippen LogP contribution in [0.2, 0.25) is 0 Å². The topological polar surface area (TPSA) is 117 Å². The predicted octanol–water partition coefficient (Wildman–Crippen LogP) is -0.0456. The second kappa shape index (κ2) is 11.8. The van der Waals surface area contributed by atoms with Crippen LogP contribution in [0, 0.1) is 5.92 Å². The number of esters is 1. The van der Waals surface area contributed by atoms with Gasteiger partial charge >= 0.3 is 5.97 Å². The zero-order valence-electron chi connectivity index (χ0n) is 20.0. The van der Waals surface area contributed by atoms with E-state index in [1.54, 1.807) is 29.0 Å². The minimum absolute atomic E-state index is 0.0744. The van der Waals surface area contributed by atoms with Gasteiger partial charge in [0.05, 0.1) is 20.8 Å². The molecular formula is C24H34N4O6. The fourth-order valence-electron chi connectivity index (χ4n) is 4.46. The Morgan fingerprint density at radius 2 is 1.76 bits per heavy atom. The van der Waals surface area contributed by atoms with E-state index < -0.39 is 24.0 Å². The largest absolute Gasteiger partial charge is 0.497 e. The number of piperazine rings is 1. The summed E-state index contributed by atoms with van der Waals surface area (Å²) in [5.41, 5.74) is 0.813. The van der Waals surface area contributed by atoms with Gasteiger partial charge in [0, 0.05) is 32.4 Å². The van der Waals surface area contributed by atoms with Gasteiger partial charge in [0.25, 0.3) is 0 Å². The van der Waals surface area contributed by atoms with E-state index in [2.05, 4.69) is 10.6 Å². The van der Waals surface area contributed by atoms with Crippen molar-refractivity contribution in [2.45, 2.75) is 38.3 Å². The first-order valence-electron chi connectivity index (χ1n) is 11.6. The molecule has 3 amide bonds. The summed E-state index contributed by atoms with van der Waals surface area (Å²) in [5.74, 6) is -0.766. The number of rotatable bonds is 7. The van der Waals surface area contributed by atoms with Crippen LogP contribution in [-0.2, 0) is 30.3 Å². The lowest BCUT2D eigenvalue weighted by Gasteiger charge is -2.42. The molecule has 2 saturated heterocycles. The number of piperidine rings is 1. The summed E-state index contributed by atoms with van der Waals surface area (Å²) in [6, 6.07) is 5.36. The first-order chi connectivity index (χ1) is 16.3. The highest BCUT2D eigenvalue weighted by Gasteiger charge is 2.40. The molecule has 2 fully saturated rings. The Hall–Kier alpha value is -3.14. The third-order valence-electron chi connectivity index (χ3n) is 6.50. The summed E-state index contributed by atoms with van der Waals surface area (Å²) in [6.07, 6.45) is 1.64. The highest BCUT2D eigenvalue weighted by atomic mass is 16.5. The zero-order valence-corrected chi connectivity index (χ0v) is 20.0. The molecule has 2 heterocycles. The van der Waals surface area contributed by atoms with Gasteiger partial charge in [-0.25, -0.2) is 4.79 Å². The monoisotopic (exact) mass is 474 g/mol. The molecule has 2 N–H and O–H groups in total. The Morgan fingerprint density at radius 1 is 1.09 bits per heavy atom. The maximum atomic E-state index is 13.4. The third kappa shape index (κ3) is 6.25. The average Bonchev–Trinajstić information content (AvgIpc) is 2.87. The predicted molar refractivity (Wildman–Crippen MR) is 124 cm³/mol. The van der Waals surface area contributed by atoms with E-state index in [9.17, 15) is 19.2 Å². The van der Waals surface area contributed by atoms with Gasteiger partial charge < -0.3 is 29.9 Å². The molecule has 1 aromatic carbocycles. The summed E-state index contributed by atoms with van der Waals surface area (Å²) in [7, 11) is 2.83. The maximum Gasteiger partial charge on any atom is 0.328 e. The number of methoxy groups -OCH3 is 2. The summed E-state index contributed by atoms with van der Waals surface area (Å²) >= 11 is 0. The molecule has 0 saturated carbocycles. The molecule has 186 valence electrons. The van der Waals surface area contributed by atoms with E-state index in [-0.39, 0.29) is 37.2 Å². The molecule has 2 unspecified atom stereocenters. The van der Waals surface area contributed by atoms with Crippen LogP contribution in [0.1, 0.15) is 25.3 Å². The van der Waals surface area contributed by atoms with Crippen molar-refractivity contribution >= 4 is 23.7 Å². The molecule has 2 aliphatic rings. The van der Waals surface area contributed by atoms with Crippen molar-refractivity contribution < 1.29 is 28.7 Å². The Labute approximate surface area is 199 Å². The van der Waals surface area contributed by atoms with Gasteiger partial charge in [-0.05, 0) is 43.6 Å². The smallest absolute Gasteiger partial charge is 0.328 e. The van der Waals surface area contributed by atoms with Crippen molar-refractivity contribution in [2.75, 3.05) is 46.9 Å². The van der Waals surface area contributed by atoms with Crippen LogP contribution in [0.25, 0.3) is 0 Å². The van der Waals surface area contributed by atoms with Crippen LogP contribution in [0.4, 0.5) is 0 Å². The Balaban J connectivity index is 1.77. The van der Waals surface area contributed by atoms with Crippen molar-refractivity contribution in [1.82, 2.24) is 20.4 Å². The summed E-state index contributed by atoms with van der Waals surface area (Å²) in [5, 5.41) is 6.01. The molecule has 10 heteroatoms. The number of hydrogen-bond acceptors (Lipinski definition) is 7. The summed E-state index contributed by atoms with van der Waals surface area (Å²) in [4.78, 5) is 54.3. The second-order valence-electron chi connectivity index (χ2n) is 8.67. The first-order valence-corrected chi connectivity index (χ1v) is 11.6. The van der Waals surface area contributed by atoms with E-state index in [4.69, 9.17) is 9.47 Å². The van der Waals surface area contributed by atoms with Crippen LogP contribution < -0.4 is 15.4 Å². The van der Waals surface area contributed by atoms with Crippen molar-refractivity contribution in [3.63, 3.8) is 0 Å². The molecular weight excluding hydrogens is 440 g/mol. The molecule has 1 aromatic rings. The minimum Gasteiger partial charge on any atom is -0.497 e. The number of nitrogens with one attached hydrogen (secondary N) is 2. The molecule has 0 aliphatic carbocycles. The van der Waals surface area contributed by atoms with Crippen LogP contribution in [0.3, 0.4) is 0 Å². The van der Waals surface area contributed by atoms with E-state index in [1.165, 1.54) is 14.0 Å². The normalized spacial score (nSPS) is 19.8. The van der Waals surface area contributed by atoms with E-state index >= 15 is 0 Å². The highest BCUT2D eigenvalue weighted by molar-refractivity contribution is 5.92. The van der Waals surface area contributed by atoms with E-state index in [1.807, 2.05) is 12.1 Å². The van der Waals surface area contributed by atoms with Crippen LogP contribution >= 0.6 is 0 Å². The lowest BCUT2D eigenvalue weighted by molar-refractivity contribution is -0.152. The van der Waals surface area contributed by atoms with Gasteiger partial charge in [0.2, 0.25) is 17.7 Å². The number of hydrogen-bond donors (Lipinski definition) is 2. The maximum absolute atomic E-state index is 13.4. The lowest BCUT2D eigenvalue weighted by Crippen LogP contribution is -2.63. The van der Waals surface area contributed by atoms with Gasteiger partial charge in [-0.2, -0.15) is 0 Å². The lowest BCUT2D eigenvalue weighted by atomic mass is 9.95. The van der Waals surface area contributed by atoms with Crippen molar-refractivity contribution in [3.05, 3.63) is 29.8 Å². The summed E-state index contributed by atoms with van der Waals surface area (Å²) in [6.45, 7) is 3.71. The Morgan fingerprint density at radius 3 is 2.35 bits per heavy atom. The Kier molecular flexibility index (Phi) is 8.86. The van der Waals surface area contributed by atoms with E-state index in [0.717, 1.165) is 18.7 Å². The molecule has 2 aliphatic heterocycles.